The molecule has 0 amide bonds. The Bertz CT molecular complexity index is 1490. The molecule has 5 rings (SSSR count). The highest BCUT2D eigenvalue weighted by atomic mass is 35.5. The monoisotopic (exact) mass is 539 g/mol. The van der Waals surface area contributed by atoms with Gasteiger partial charge in [-0.25, -0.2) is 0 Å². The molecule has 1 N–H and O–H groups in total. The fourth-order valence-electron chi connectivity index (χ4n) is 5.15. The normalized spacial score (nSPS) is 21.1. The van der Waals surface area contributed by atoms with E-state index < -0.39 is 0 Å². The third-order valence-corrected chi connectivity index (χ3v) is 9.46. The number of hydrogen-bond acceptors (Lipinski definition) is 5. The second-order valence-electron chi connectivity index (χ2n) is 8.75. The minimum atomic E-state index is 0.0776. The topological polar surface area (TPSA) is 32.9 Å². The third kappa shape index (κ3) is 4.32. The van der Waals surface area contributed by atoms with Crippen molar-refractivity contribution in [2.45, 2.75) is 44.5 Å². The largest absolute Gasteiger partial charge is 0.326 e. The van der Waals surface area contributed by atoms with Crippen LogP contribution in [0.2, 0.25) is 5.02 Å². The van der Waals surface area contributed by atoms with Crippen molar-refractivity contribution in [3.8, 4) is 0 Å². The van der Waals surface area contributed by atoms with Crippen molar-refractivity contribution in [1.29, 1.82) is 0 Å². The number of anilines is 2. The Morgan fingerprint density at radius 1 is 0.972 bits per heavy atom. The van der Waals surface area contributed by atoms with Crippen molar-refractivity contribution < 1.29 is 4.90 Å². The van der Waals surface area contributed by atoms with Gasteiger partial charge in [0.05, 0.1) is 27.3 Å². The summed E-state index contributed by atoms with van der Waals surface area (Å²) in [6.07, 6.45) is 6.36. The number of allylic oxidation sites excluding steroid dienone is 1. The molecule has 0 aliphatic carbocycles. The Balaban J connectivity index is 1.56. The molecule has 5 nitrogen and oxygen atoms in total. The minimum Gasteiger partial charge on any atom is -0.326 e. The first-order valence-corrected chi connectivity index (χ1v) is 14.7. The molecule has 0 saturated heterocycles. The summed E-state index contributed by atoms with van der Waals surface area (Å²) in [5.74, 6) is 1.07. The van der Waals surface area contributed by atoms with E-state index in [1.54, 1.807) is 11.3 Å². The summed E-state index contributed by atoms with van der Waals surface area (Å²) in [5.41, 5.74) is 3.69. The van der Waals surface area contributed by atoms with Crippen molar-refractivity contribution in [3.63, 3.8) is 0 Å². The number of thiazole rings is 1. The van der Waals surface area contributed by atoms with Crippen LogP contribution in [0.1, 0.15) is 27.7 Å². The van der Waals surface area contributed by atoms with Crippen molar-refractivity contribution in [2.24, 2.45) is 0 Å². The molecule has 2 unspecified atom stereocenters. The summed E-state index contributed by atoms with van der Waals surface area (Å²) in [5, 5.41) is 0.989. The average molecular weight is 540 g/mol. The van der Waals surface area contributed by atoms with Crippen LogP contribution in [-0.4, -0.2) is 29.6 Å². The predicted octanol–water partition coefficient (Wildman–Crippen LogP) is 4.02. The van der Waals surface area contributed by atoms with Gasteiger partial charge in [-0.2, -0.15) is 0 Å². The third-order valence-electron chi connectivity index (χ3n) is 6.85. The molecule has 2 aliphatic rings. The van der Waals surface area contributed by atoms with E-state index in [4.69, 9.17) is 11.6 Å². The lowest BCUT2D eigenvalue weighted by atomic mass is 10.2. The zero-order chi connectivity index (χ0) is 25.4. The van der Waals surface area contributed by atoms with Gasteiger partial charge < -0.3 is 9.80 Å². The summed E-state index contributed by atoms with van der Waals surface area (Å²) >= 11 is 9.78. The molecule has 1 aromatic heterocycles. The van der Waals surface area contributed by atoms with E-state index in [0.29, 0.717) is 6.54 Å². The summed E-state index contributed by atoms with van der Waals surface area (Å²) in [6, 6.07) is 14.7. The van der Waals surface area contributed by atoms with Gasteiger partial charge in [0.15, 0.2) is 5.37 Å². The number of nitrogens with one attached hydrogen (secondary N) is 1. The summed E-state index contributed by atoms with van der Waals surface area (Å²) in [6.45, 7) is 11.9. The molecule has 0 spiro atoms. The fourth-order valence-corrected chi connectivity index (χ4v) is 7.88. The molecule has 2 aromatic carbocycles. The lowest BCUT2D eigenvalue weighted by molar-refractivity contribution is -0.830. The van der Waals surface area contributed by atoms with Gasteiger partial charge in [0.25, 0.3) is 5.56 Å². The molecule has 0 radical (unpaired) electrons. The van der Waals surface area contributed by atoms with E-state index >= 15 is 0 Å². The second-order valence-corrected chi connectivity index (χ2v) is 11.4. The number of benzene rings is 2. The maximum atomic E-state index is 13.4. The molecule has 2 atom stereocenters. The number of para-hydroxylation sites is 1. The first-order valence-electron chi connectivity index (χ1n) is 12.6. The molecule has 188 valence electrons. The van der Waals surface area contributed by atoms with Crippen LogP contribution in [0.3, 0.4) is 0 Å². The molecule has 2 aliphatic heterocycles. The number of nitrogens with zero attached hydrogens (tertiary/aromatic N) is 3. The molecule has 0 saturated carbocycles. The van der Waals surface area contributed by atoms with E-state index in [1.807, 2.05) is 41.5 Å². The second kappa shape index (κ2) is 10.5. The van der Waals surface area contributed by atoms with E-state index in [2.05, 4.69) is 73.1 Å². The van der Waals surface area contributed by atoms with E-state index in [0.717, 1.165) is 51.0 Å². The van der Waals surface area contributed by atoms with E-state index in [-0.39, 0.29) is 10.9 Å². The summed E-state index contributed by atoms with van der Waals surface area (Å²) in [4.78, 5) is 20.7. The standard InChI is InChI=1S/C28H31ClN4OS2/c1-5-30-20-14-13-19(29)17-22(20)31(6-2)25(30)16-15-24-28(34)33(8-4)27(36-24)18-26-32(7-3)21-11-9-10-12-23(21)35-26/h9-18,26H,5-8H2,1-4H3/p+1/b24-15+,25-16+,27-18-. The van der Waals surface area contributed by atoms with E-state index in [9.17, 15) is 4.79 Å². The maximum absolute atomic E-state index is 13.4. The van der Waals surface area contributed by atoms with Gasteiger partial charge in [0.1, 0.15) is 16.2 Å². The predicted molar refractivity (Wildman–Crippen MR) is 155 cm³/mol. The SMILES string of the molecule is CCN1/C(=C\C=c2\s/c(=C\C3Sc4ccccc4[NH+]3CC)n(CC)c2=O)N(CC)c2cc(Cl)ccc21. The lowest BCUT2D eigenvalue weighted by Gasteiger charge is -2.23. The zero-order valence-electron chi connectivity index (χ0n) is 21.1. The highest BCUT2D eigenvalue weighted by Gasteiger charge is 2.33. The quantitative estimate of drug-likeness (QED) is 0.513. The molecule has 0 bridgehead atoms. The van der Waals surface area contributed by atoms with Gasteiger partial charge in [0.2, 0.25) is 0 Å². The first-order chi connectivity index (χ1) is 17.5. The number of halogens is 1. The molecular weight excluding hydrogens is 508 g/mol. The smallest absolute Gasteiger partial charge is 0.269 e. The molecule has 3 heterocycles. The van der Waals surface area contributed by atoms with Crippen LogP contribution in [0.5, 0.6) is 0 Å². The van der Waals surface area contributed by atoms with Crippen molar-refractivity contribution in [2.75, 3.05) is 29.4 Å². The number of aromatic nitrogens is 1. The van der Waals surface area contributed by atoms with Crippen LogP contribution in [0.4, 0.5) is 17.1 Å². The highest BCUT2D eigenvalue weighted by molar-refractivity contribution is 8.00. The molecule has 8 heteroatoms. The summed E-state index contributed by atoms with van der Waals surface area (Å²) in [7, 11) is 0. The van der Waals surface area contributed by atoms with Crippen molar-refractivity contribution in [1.82, 2.24) is 4.57 Å². The van der Waals surface area contributed by atoms with Gasteiger partial charge in [-0.3, -0.25) is 14.3 Å². The van der Waals surface area contributed by atoms with Crippen molar-refractivity contribution >= 4 is 63.9 Å². The Morgan fingerprint density at radius 3 is 2.44 bits per heavy atom. The summed E-state index contributed by atoms with van der Waals surface area (Å²) < 4.78 is 3.70. The van der Waals surface area contributed by atoms with Gasteiger partial charge in [-0.1, -0.05) is 35.5 Å². The van der Waals surface area contributed by atoms with Crippen LogP contribution in [-0.2, 0) is 6.54 Å². The maximum Gasteiger partial charge on any atom is 0.269 e. The Hall–Kier alpha value is -2.45. The lowest BCUT2D eigenvalue weighted by Crippen LogP contribution is -3.08. The number of rotatable bonds is 6. The molecule has 0 fully saturated rings. The molecular formula is C28H32ClN4OS2+. The average Bonchev–Trinajstić information content (AvgIpc) is 3.49. The zero-order valence-corrected chi connectivity index (χ0v) is 23.5. The van der Waals surface area contributed by atoms with Crippen LogP contribution < -0.4 is 29.5 Å². The van der Waals surface area contributed by atoms with Crippen molar-refractivity contribution in [3.05, 3.63) is 78.9 Å². The minimum absolute atomic E-state index is 0.0776. The van der Waals surface area contributed by atoms with Crippen LogP contribution in [0, 0.1) is 0 Å². The Labute approximate surface area is 225 Å². The Kier molecular flexibility index (Phi) is 7.35. The van der Waals surface area contributed by atoms with Gasteiger partial charge in [-0.15, -0.1) is 11.3 Å². The van der Waals surface area contributed by atoms with Crippen LogP contribution >= 0.6 is 34.7 Å². The highest BCUT2D eigenvalue weighted by Crippen LogP contribution is 2.42. The van der Waals surface area contributed by atoms with Gasteiger partial charge in [-0.05, 0) is 64.1 Å². The van der Waals surface area contributed by atoms with Gasteiger partial charge >= 0.3 is 0 Å². The molecule has 3 aromatic rings. The fraction of sp³-hybridized carbons (Fsp3) is 0.321. The number of thioether (sulfide) groups is 1. The van der Waals surface area contributed by atoms with E-state index in [1.165, 1.54) is 15.5 Å². The van der Waals surface area contributed by atoms with Crippen LogP contribution in [0.25, 0.3) is 12.2 Å². The van der Waals surface area contributed by atoms with Gasteiger partial charge in [0, 0.05) is 36.8 Å². The number of quaternary nitrogens is 1. The van der Waals surface area contributed by atoms with Crippen LogP contribution in [0.15, 0.2) is 64.1 Å². The first kappa shape index (κ1) is 25.2. The number of fused-ring (bicyclic) bond motifs is 2. The number of hydrogen-bond donors (Lipinski definition) is 1. The molecule has 36 heavy (non-hydrogen) atoms. The Morgan fingerprint density at radius 2 is 1.72 bits per heavy atom.